The number of nitrogens with zero attached hydrogens (tertiary/aromatic N) is 2. The van der Waals surface area contributed by atoms with Crippen LogP contribution in [0.2, 0.25) is 0 Å². The Hall–Kier alpha value is -2.04. The Morgan fingerprint density at radius 3 is 2.24 bits per heavy atom. The zero-order valence-electron chi connectivity index (χ0n) is 11.9. The molecule has 5 nitrogen and oxygen atoms in total. The van der Waals surface area contributed by atoms with E-state index in [0.29, 0.717) is 36.0 Å². The van der Waals surface area contributed by atoms with Gasteiger partial charge in [0.1, 0.15) is 0 Å². The van der Waals surface area contributed by atoms with Gasteiger partial charge in [0.15, 0.2) is 0 Å². The van der Waals surface area contributed by atoms with Crippen LogP contribution in [0.4, 0.5) is 5.69 Å². The van der Waals surface area contributed by atoms with Crippen molar-refractivity contribution in [2.45, 2.75) is 38.8 Å². The first kappa shape index (κ1) is 12.7. The van der Waals surface area contributed by atoms with Crippen LogP contribution in [-0.2, 0) is 13.1 Å². The molecule has 2 saturated carbocycles. The predicted octanol–water partition coefficient (Wildman–Crippen LogP) is 1.57. The molecule has 1 heterocycles. The lowest BCUT2D eigenvalue weighted by Gasteiger charge is -2.14. The van der Waals surface area contributed by atoms with Gasteiger partial charge in [-0.25, -0.2) is 4.79 Å². The van der Waals surface area contributed by atoms with Crippen molar-refractivity contribution in [2.75, 3.05) is 5.73 Å². The summed E-state index contributed by atoms with van der Waals surface area (Å²) in [6, 6.07) is 5.26. The molecule has 0 aliphatic heterocycles. The minimum atomic E-state index is -0.193. The van der Waals surface area contributed by atoms with E-state index in [4.69, 9.17) is 5.73 Å². The lowest BCUT2D eigenvalue weighted by molar-refractivity contribution is 0.522. The maximum atomic E-state index is 12.7. The second kappa shape index (κ2) is 4.48. The first-order valence-electron chi connectivity index (χ1n) is 7.66. The molecule has 0 amide bonds. The third kappa shape index (κ3) is 2.26. The van der Waals surface area contributed by atoms with Crippen LogP contribution in [0.15, 0.2) is 27.8 Å². The summed E-state index contributed by atoms with van der Waals surface area (Å²) in [6.07, 6.45) is 4.57. The van der Waals surface area contributed by atoms with Crippen molar-refractivity contribution in [1.29, 1.82) is 0 Å². The molecule has 4 rings (SSSR count). The summed E-state index contributed by atoms with van der Waals surface area (Å²) in [7, 11) is 0. The molecule has 0 saturated heterocycles. The topological polar surface area (TPSA) is 70.0 Å². The molecule has 0 bridgehead atoms. The van der Waals surface area contributed by atoms with Gasteiger partial charge in [-0.05, 0) is 55.7 Å². The molecule has 0 atom stereocenters. The van der Waals surface area contributed by atoms with Gasteiger partial charge in [0.05, 0.1) is 10.9 Å². The fourth-order valence-electron chi connectivity index (χ4n) is 2.90. The highest BCUT2D eigenvalue weighted by Gasteiger charge is 2.27. The predicted molar refractivity (Wildman–Crippen MR) is 82.3 cm³/mol. The zero-order chi connectivity index (χ0) is 14.6. The molecule has 2 aromatic rings. The van der Waals surface area contributed by atoms with E-state index >= 15 is 0 Å². The van der Waals surface area contributed by atoms with Crippen LogP contribution in [-0.4, -0.2) is 9.13 Å². The van der Waals surface area contributed by atoms with Gasteiger partial charge < -0.3 is 5.73 Å². The van der Waals surface area contributed by atoms with Gasteiger partial charge in [0.25, 0.3) is 5.56 Å². The number of benzene rings is 1. The number of aromatic nitrogens is 2. The molecular formula is C16H19N3O2. The molecule has 5 heteroatoms. The van der Waals surface area contributed by atoms with Gasteiger partial charge in [-0.1, -0.05) is 0 Å². The molecule has 2 fully saturated rings. The minimum absolute atomic E-state index is 0.156. The molecule has 2 aliphatic carbocycles. The number of nitrogen functional groups attached to an aromatic ring is 1. The second-order valence-corrected chi connectivity index (χ2v) is 6.47. The molecule has 110 valence electrons. The molecular weight excluding hydrogens is 266 g/mol. The fraction of sp³-hybridized carbons (Fsp3) is 0.500. The van der Waals surface area contributed by atoms with Crippen LogP contribution in [0.5, 0.6) is 0 Å². The normalized spacial score (nSPS) is 18.3. The Bertz CT molecular complexity index is 826. The average molecular weight is 285 g/mol. The lowest BCUT2D eigenvalue weighted by atomic mass is 10.2. The summed E-state index contributed by atoms with van der Waals surface area (Å²) >= 11 is 0. The average Bonchev–Trinajstić information content (AvgIpc) is 3.34. The molecule has 1 aromatic carbocycles. The van der Waals surface area contributed by atoms with Crippen molar-refractivity contribution in [3.05, 3.63) is 39.0 Å². The minimum Gasteiger partial charge on any atom is -0.399 e. The molecule has 21 heavy (non-hydrogen) atoms. The molecule has 2 aliphatic rings. The summed E-state index contributed by atoms with van der Waals surface area (Å²) in [5.74, 6) is 1.07. The Morgan fingerprint density at radius 2 is 1.62 bits per heavy atom. The number of hydrogen-bond acceptors (Lipinski definition) is 3. The highest BCUT2D eigenvalue weighted by Crippen LogP contribution is 2.32. The molecule has 0 radical (unpaired) electrons. The van der Waals surface area contributed by atoms with Gasteiger partial charge in [-0.15, -0.1) is 0 Å². The maximum absolute atomic E-state index is 12.7. The summed E-state index contributed by atoms with van der Waals surface area (Å²) in [5, 5.41) is 0.566. The first-order chi connectivity index (χ1) is 10.1. The van der Waals surface area contributed by atoms with Crippen molar-refractivity contribution in [2.24, 2.45) is 11.8 Å². The quantitative estimate of drug-likeness (QED) is 0.867. The van der Waals surface area contributed by atoms with E-state index in [2.05, 4.69) is 0 Å². The van der Waals surface area contributed by atoms with Crippen LogP contribution >= 0.6 is 0 Å². The molecule has 0 spiro atoms. The van der Waals surface area contributed by atoms with E-state index < -0.39 is 0 Å². The summed E-state index contributed by atoms with van der Waals surface area (Å²) in [5.41, 5.74) is 6.76. The Labute approximate surface area is 122 Å². The zero-order valence-corrected chi connectivity index (χ0v) is 11.9. The highest BCUT2D eigenvalue weighted by atomic mass is 16.2. The lowest BCUT2D eigenvalue weighted by Crippen LogP contribution is -2.40. The van der Waals surface area contributed by atoms with Crippen molar-refractivity contribution >= 4 is 16.6 Å². The van der Waals surface area contributed by atoms with Gasteiger partial charge in [-0.3, -0.25) is 13.9 Å². The molecule has 0 unspecified atom stereocenters. The number of anilines is 1. The number of hydrogen-bond donors (Lipinski definition) is 1. The van der Waals surface area contributed by atoms with Crippen LogP contribution in [0.3, 0.4) is 0 Å². The van der Waals surface area contributed by atoms with Gasteiger partial charge in [0.2, 0.25) is 0 Å². The van der Waals surface area contributed by atoms with Gasteiger partial charge >= 0.3 is 5.69 Å². The summed E-state index contributed by atoms with van der Waals surface area (Å²) in [4.78, 5) is 25.3. The molecule has 1 aromatic heterocycles. The van der Waals surface area contributed by atoms with E-state index in [1.165, 1.54) is 17.4 Å². The summed E-state index contributed by atoms with van der Waals surface area (Å²) in [6.45, 7) is 1.26. The fourth-order valence-corrected chi connectivity index (χ4v) is 2.90. The van der Waals surface area contributed by atoms with E-state index in [0.717, 1.165) is 18.4 Å². The third-order valence-corrected chi connectivity index (χ3v) is 4.52. The number of rotatable bonds is 4. The Kier molecular flexibility index (Phi) is 2.71. The highest BCUT2D eigenvalue weighted by molar-refractivity contribution is 5.81. The standard InChI is InChI=1S/C16H19N3O2/c17-12-5-6-14-13(7-12)15(20)19(9-11-3-4-11)16(21)18(14)8-10-1-2-10/h5-7,10-11H,1-4,8-9,17H2. The van der Waals surface area contributed by atoms with Crippen molar-refractivity contribution in [1.82, 2.24) is 9.13 Å². The summed E-state index contributed by atoms with van der Waals surface area (Å²) < 4.78 is 3.19. The maximum Gasteiger partial charge on any atom is 0.331 e. The monoisotopic (exact) mass is 285 g/mol. The van der Waals surface area contributed by atoms with Crippen LogP contribution in [0.1, 0.15) is 25.7 Å². The van der Waals surface area contributed by atoms with Crippen LogP contribution in [0.25, 0.3) is 10.9 Å². The van der Waals surface area contributed by atoms with E-state index in [1.54, 1.807) is 22.8 Å². The van der Waals surface area contributed by atoms with E-state index in [1.807, 2.05) is 0 Å². The van der Waals surface area contributed by atoms with Gasteiger partial charge in [0, 0.05) is 18.8 Å². The number of fused-ring (bicyclic) bond motifs is 1. The Balaban J connectivity index is 1.97. The van der Waals surface area contributed by atoms with E-state index in [9.17, 15) is 9.59 Å². The smallest absolute Gasteiger partial charge is 0.331 e. The van der Waals surface area contributed by atoms with Crippen molar-refractivity contribution in [3.63, 3.8) is 0 Å². The van der Waals surface area contributed by atoms with Crippen molar-refractivity contribution in [3.8, 4) is 0 Å². The number of nitrogens with two attached hydrogens (primary N) is 1. The van der Waals surface area contributed by atoms with Gasteiger partial charge in [-0.2, -0.15) is 0 Å². The second-order valence-electron chi connectivity index (χ2n) is 6.47. The first-order valence-corrected chi connectivity index (χ1v) is 7.66. The van der Waals surface area contributed by atoms with Crippen LogP contribution < -0.4 is 17.0 Å². The molecule has 2 N–H and O–H groups in total. The third-order valence-electron chi connectivity index (χ3n) is 4.52. The van der Waals surface area contributed by atoms with E-state index in [-0.39, 0.29) is 11.2 Å². The Morgan fingerprint density at radius 1 is 1.00 bits per heavy atom. The SMILES string of the molecule is Nc1ccc2c(c1)c(=O)n(CC1CC1)c(=O)n2CC1CC1. The van der Waals surface area contributed by atoms with Crippen LogP contribution in [0, 0.1) is 11.8 Å². The largest absolute Gasteiger partial charge is 0.399 e. The van der Waals surface area contributed by atoms with Crippen molar-refractivity contribution < 1.29 is 0 Å².